The molecule has 0 saturated carbocycles. The Hall–Kier alpha value is 1.36. The molecule has 1 aliphatic heterocycles. The van der Waals surface area contributed by atoms with Crippen LogP contribution in [-0.4, -0.2) is 26.0 Å². The van der Waals surface area contributed by atoms with Crippen molar-refractivity contribution in [1.82, 2.24) is 6.88 Å². The SMILES string of the molecule is BrN(Br)Br.CCN1CCCC1C. The summed E-state index contributed by atoms with van der Waals surface area (Å²) in [4.78, 5) is 2.53. The van der Waals surface area contributed by atoms with Crippen LogP contribution in [0.15, 0.2) is 0 Å². The van der Waals surface area contributed by atoms with Crippen molar-refractivity contribution >= 4 is 48.4 Å². The molecule has 1 rings (SSSR count). The monoisotopic (exact) mass is 364 g/mol. The highest BCUT2D eigenvalue weighted by Gasteiger charge is 2.16. The van der Waals surface area contributed by atoms with E-state index in [2.05, 4.69) is 67.2 Å². The second-order valence-corrected chi connectivity index (χ2v) is 7.79. The summed E-state index contributed by atoms with van der Waals surface area (Å²) in [6, 6.07) is 0.861. The molecule has 1 saturated heterocycles. The highest BCUT2D eigenvalue weighted by molar-refractivity contribution is 9.33. The Morgan fingerprint density at radius 2 is 1.92 bits per heavy atom. The summed E-state index contributed by atoms with van der Waals surface area (Å²) >= 11 is 8.81. The van der Waals surface area contributed by atoms with E-state index in [9.17, 15) is 0 Å². The number of nitrogens with zero attached hydrogens (tertiary/aromatic N) is 2. The Labute approximate surface area is 101 Å². The average Bonchev–Trinajstić information content (AvgIpc) is 2.33. The fraction of sp³-hybridized carbons (Fsp3) is 1.00. The summed E-state index contributed by atoms with van der Waals surface area (Å²) in [6.45, 7) is 7.12. The molecule has 0 amide bonds. The van der Waals surface area contributed by atoms with Crippen LogP contribution in [0.1, 0.15) is 26.7 Å². The number of likely N-dealkylation sites (tertiary alicyclic amines) is 1. The molecule has 0 aromatic heterocycles. The van der Waals surface area contributed by atoms with Crippen molar-refractivity contribution in [3.05, 3.63) is 0 Å². The molecule has 74 valence electrons. The molecule has 1 aliphatic rings. The Morgan fingerprint density at radius 3 is 2.08 bits per heavy atom. The van der Waals surface area contributed by atoms with Crippen LogP contribution >= 0.6 is 48.4 Å². The Bertz CT molecular complexity index is 108. The van der Waals surface area contributed by atoms with E-state index in [0.717, 1.165) is 6.04 Å². The third kappa shape index (κ3) is 6.83. The van der Waals surface area contributed by atoms with Crippen molar-refractivity contribution in [2.45, 2.75) is 32.7 Å². The summed E-state index contributed by atoms with van der Waals surface area (Å²) in [5.74, 6) is 0. The first-order valence-corrected chi connectivity index (χ1v) is 6.22. The maximum absolute atomic E-state index is 2.94. The topological polar surface area (TPSA) is 6.48 Å². The molecule has 0 bridgehead atoms. The summed E-state index contributed by atoms with van der Waals surface area (Å²) in [7, 11) is 0. The highest BCUT2D eigenvalue weighted by atomic mass is 80.0. The molecule has 0 spiro atoms. The van der Waals surface area contributed by atoms with Gasteiger partial charge >= 0.3 is 0 Å². The molecule has 0 radical (unpaired) electrons. The largest absolute Gasteiger partial charge is 0.301 e. The van der Waals surface area contributed by atoms with Crippen molar-refractivity contribution in [3.8, 4) is 0 Å². The van der Waals surface area contributed by atoms with Gasteiger partial charge in [0.2, 0.25) is 0 Å². The molecule has 0 aromatic carbocycles. The molecule has 1 unspecified atom stereocenters. The van der Waals surface area contributed by atoms with Crippen molar-refractivity contribution in [2.24, 2.45) is 0 Å². The summed E-state index contributed by atoms with van der Waals surface area (Å²) in [5, 5.41) is 0. The van der Waals surface area contributed by atoms with Crippen molar-refractivity contribution in [3.63, 3.8) is 0 Å². The first-order chi connectivity index (χ1) is 5.57. The Morgan fingerprint density at radius 1 is 1.42 bits per heavy atom. The molecular weight excluding hydrogens is 352 g/mol. The molecule has 0 aliphatic carbocycles. The summed E-state index contributed by atoms with van der Waals surface area (Å²) in [5.41, 5.74) is 0. The van der Waals surface area contributed by atoms with Crippen molar-refractivity contribution in [2.75, 3.05) is 13.1 Å². The highest BCUT2D eigenvalue weighted by Crippen LogP contribution is 2.14. The van der Waals surface area contributed by atoms with Crippen LogP contribution in [0.4, 0.5) is 0 Å². The summed E-state index contributed by atoms with van der Waals surface area (Å²) in [6.07, 6.45) is 2.82. The van der Waals surface area contributed by atoms with Crippen LogP contribution in [0.5, 0.6) is 0 Å². The van der Waals surface area contributed by atoms with Crippen LogP contribution in [-0.2, 0) is 0 Å². The summed E-state index contributed by atoms with van der Waals surface area (Å²) < 4.78 is 1.44. The maximum Gasteiger partial charge on any atom is 0.0364 e. The van der Waals surface area contributed by atoms with Crippen LogP contribution < -0.4 is 0 Å². The first kappa shape index (κ1) is 13.4. The van der Waals surface area contributed by atoms with Gasteiger partial charge in [0.25, 0.3) is 0 Å². The van der Waals surface area contributed by atoms with Gasteiger partial charge in [-0.25, -0.2) is 0 Å². The van der Waals surface area contributed by atoms with Crippen LogP contribution in [0.3, 0.4) is 0 Å². The van der Waals surface area contributed by atoms with Gasteiger partial charge in [0.05, 0.1) is 0 Å². The molecule has 12 heavy (non-hydrogen) atoms. The lowest BCUT2D eigenvalue weighted by molar-refractivity contribution is 0.284. The number of rotatable bonds is 1. The van der Waals surface area contributed by atoms with E-state index in [0.29, 0.717) is 0 Å². The van der Waals surface area contributed by atoms with Gasteiger partial charge in [-0.05, 0) is 32.9 Å². The van der Waals surface area contributed by atoms with Gasteiger partial charge in [-0.1, -0.05) is 6.92 Å². The second-order valence-electron chi connectivity index (χ2n) is 2.81. The normalized spacial score (nSPS) is 24.0. The van der Waals surface area contributed by atoms with E-state index >= 15 is 0 Å². The van der Waals surface area contributed by atoms with Crippen molar-refractivity contribution < 1.29 is 0 Å². The van der Waals surface area contributed by atoms with Gasteiger partial charge in [-0.3, -0.25) is 0 Å². The van der Waals surface area contributed by atoms with Gasteiger partial charge < -0.3 is 4.90 Å². The van der Waals surface area contributed by atoms with E-state index in [1.54, 1.807) is 0 Å². The van der Waals surface area contributed by atoms with E-state index in [-0.39, 0.29) is 0 Å². The third-order valence-corrected chi connectivity index (χ3v) is 2.10. The first-order valence-electron chi connectivity index (χ1n) is 4.09. The lowest BCUT2D eigenvalue weighted by Gasteiger charge is -2.17. The van der Waals surface area contributed by atoms with E-state index < -0.39 is 0 Å². The number of hydrogen-bond acceptors (Lipinski definition) is 2. The minimum absolute atomic E-state index is 0.861. The van der Waals surface area contributed by atoms with Gasteiger partial charge in [-0.2, -0.15) is 0 Å². The predicted octanol–water partition coefficient (Wildman–Crippen LogP) is 3.71. The average molecular weight is 367 g/mol. The predicted molar refractivity (Wildman–Crippen MR) is 64.6 cm³/mol. The molecule has 1 heterocycles. The number of halogens is 3. The number of hydrogen-bond donors (Lipinski definition) is 0. The minimum atomic E-state index is 0.861. The molecule has 5 heteroatoms. The van der Waals surface area contributed by atoms with Gasteiger partial charge in [0.1, 0.15) is 0 Å². The van der Waals surface area contributed by atoms with Gasteiger partial charge in [0, 0.05) is 54.5 Å². The molecule has 0 aromatic rings. The maximum atomic E-state index is 2.94. The fourth-order valence-electron chi connectivity index (χ4n) is 1.46. The lowest BCUT2D eigenvalue weighted by atomic mass is 10.2. The molecular formula is C7H15Br3N2. The molecule has 0 N–H and O–H groups in total. The van der Waals surface area contributed by atoms with E-state index in [4.69, 9.17) is 0 Å². The minimum Gasteiger partial charge on any atom is -0.301 e. The van der Waals surface area contributed by atoms with Crippen molar-refractivity contribution in [1.29, 1.82) is 0 Å². The Kier molecular flexibility index (Phi) is 8.61. The smallest absolute Gasteiger partial charge is 0.0364 e. The van der Waals surface area contributed by atoms with Gasteiger partial charge in [0.15, 0.2) is 0 Å². The van der Waals surface area contributed by atoms with E-state index in [1.807, 2.05) is 0 Å². The lowest BCUT2D eigenvalue weighted by Crippen LogP contribution is -2.25. The quantitative estimate of drug-likeness (QED) is 0.653. The Balaban J connectivity index is 0.000000261. The zero-order chi connectivity index (χ0) is 9.56. The zero-order valence-corrected chi connectivity index (χ0v) is 12.2. The van der Waals surface area contributed by atoms with E-state index in [1.165, 1.54) is 27.9 Å². The third-order valence-electron chi connectivity index (χ3n) is 2.10. The zero-order valence-electron chi connectivity index (χ0n) is 7.43. The van der Waals surface area contributed by atoms with Gasteiger partial charge in [-0.15, -0.1) is 1.98 Å². The van der Waals surface area contributed by atoms with Crippen LogP contribution in [0.2, 0.25) is 0 Å². The van der Waals surface area contributed by atoms with Crippen LogP contribution in [0, 0.1) is 0 Å². The second kappa shape index (κ2) is 7.74. The van der Waals surface area contributed by atoms with Crippen LogP contribution in [0.25, 0.3) is 0 Å². The molecule has 1 atom stereocenters. The standard InChI is InChI=1S/C7H15N.Br3N/c1-3-8-6-4-5-7(8)2;1-4(2)3/h7H,3-6H2,1-2H3;. The fourth-order valence-corrected chi connectivity index (χ4v) is 1.46. The molecule has 2 nitrogen and oxygen atoms in total. The molecule has 1 fully saturated rings.